The lowest BCUT2D eigenvalue weighted by Gasteiger charge is -2.18. The van der Waals surface area contributed by atoms with Crippen molar-refractivity contribution in [3.05, 3.63) is 10.0 Å². The summed E-state index contributed by atoms with van der Waals surface area (Å²) < 4.78 is 4.97. The Labute approximate surface area is 103 Å². The number of aromatic nitrogens is 1. The Morgan fingerprint density at radius 3 is 2.81 bits per heavy atom. The molecule has 1 aromatic rings. The summed E-state index contributed by atoms with van der Waals surface area (Å²) >= 11 is 6.81. The SMILES string of the molecule is CCN(CCOC)c1nc(Cl)c(C(=O)O)s1. The second-order valence-corrected chi connectivity index (χ2v) is 4.33. The van der Waals surface area contributed by atoms with Crippen LogP contribution in [0.1, 0.15) is 16.6 Å². The fourth-order valence-electron chi connectivity index (χ4n) is 1.15. The van der Waals surface area contributed by atoms with Crippen LogP contribution in [0.25, 0.3) is 0 Å². The van der Waals surface area contributed by atoms with Crippen molar-refractivity contribution in [3.8, 4) is 0 Å². The highest BCUT2D eigenvalue weighted by atomic mass is 35.5. The number of carbonyl (C=O) groups is 1. The largest absolute Gasteiger partial charge is 0.477 e. The third kappa shape index (κ3) is 3.07. The maximum absolute atomic E-state index is 10.8. The van der Waals surface area contributed by atoms with Crippen LogP contribution in [0.15, 0.2) is 0 Å². The van der Waals surface area contributed by atoms with E-state index in [9.17, 15) is 4.79 Å². The first-order valence-corrected chi connectivity index (χ1v) is 5.93. The third-order valence-corrected chi connectivity index (χ3v) is 3.48. The van der Waals surface area contributed by atoms with Crippen LogP contribution >= 0.6 is 22.9 Å². The van der Waals surface area contributed by atoms with Gasteiger partial charge >= 0.3 is 5.97 Å². The summed E-state index contributed by atoms with van der Waals surface area (Å²) in [6.45, 7) is 3.92. The van der Waals surface area contributed by atoms with Gasteiger partial charge in [-0.1, -0.05) is 22.9 Å². The van der Waals surface area contributed by atoms with E-state index in [1.54, 1.807) is 7.11 Å². The summed E-state index contributed by atoms with van der Waals surface area (Å²) in [5.41, 5.74) is 0. The number of aromatic carboxylic acids is 1. The number of nitrogens with zero attached hydrogens (tertiary/aromatic N) is 2. The summed E-state index contributed by atoms with van der Waals surface area (Å²) in [6.07, 6.45) is 0. The van der Waals surface area contributed by atoms with Crippen molar-refractivity contribution in [3.63, 3.8) is 0 Å². The molecule has 0 fully saturated rings. The van der Waals surface area contributed by atoms with Crippen molar-refractivity contribution in [1.82, 2.24) is 4.98 Å². The molecule has 1 rings (SSSR count). The average Bonchev–Trinajstić information content (AvgIpc) is 2.62. The number of carboxylic acids is 1. The van der Waals surface area contributed by atoms with Crippen LogP contribution < -0.4 is 4.90 Å². The maximum atomic E-state index is 10.8. The molecule has 0 bridgehead atoms. The number of halogens is 1. The molecule has 0 unspecified atom stereocenters. The predicted octanol–water partition coefficient (Wildman–Crippen LogP) is 1.97. The molecule has 0 spiro atoms. The van der Waals surface area contributed by atoms with Gasteiger partial charge in [0.25, 0.3) is 0 Å². The van der Waals surface area contributed by atoms with Crippen molar-refractivity contribution in [2.75, 3.05) is 31.7 Å². The van der Waals surface area contributed by atoms with Gasteiger partial charge in [-0.2, -0.15) is 0 Å². The number of likely N-dealkylation sites (N-methyl/N-ethyl adjacent to an activating group) is 1. The Balaban J connectivity index is 2.85. The lowest BCUT2D eigenvalue weighted by atomic mass is 10.5. The Hall–Kier alpha value is -0.850. The number of hydrogen-bond acceptors (Lipinski definition) is 5. The number of hydrogen-bond donors (Lipinski definition) is 1. The highest BCUT2D eigenvalue weighted by Crippen LogP contribution is 2.29. The maximum Gasteiger partial charge on any atom is 0.349 e. The Morgan fingerprint density at radius 1 is 1.69 bits per heavy atom. The predicted molar refractivity (Wildman–Crippen MR) is 63.8 cm³/mol. The molecule has 0 aliphatic heterocycles. The van der Waals surface area contributed by atoms with Gasteiger partial charge in [0, 0.05) is 20.2 Å². The Bertz CT molecular complexity index is 370. The van der Waals surface area contributed by atoms with Crippen molar-refractivity contribution >= 4 is 34.0 Å². The number of thiazole rings is 1. The molecule has 16 heavy (non-hydrogen) atoms. The highest BCUT2D eigenvalue weighted by molar-refractivity contribution is 7.18. The molecule has 0 atom stereocenters. The topological polar surface area (TPSA) is 62.7 Å². The standard InChI is InChI=1S/C9H13ClN2O3S/c1-3-12(4-5-15-2)9-11-7(10)6(16-9)8(13)14/h3-5H2,1-2H3,(H,13,14). The molecule has 1 heterocycles. The van der Waals surface area contributed by atoms with E-state index < -0.39 is 5.97 Å². The summed E-state index contributed by atoms with van der Waals surface area (Å²) in [7, 11) is 1.62. The quantitative estimate of drug-likeness (QED) is 0.851. The number of methoxy groups -OCH3 is 1. The van der Waals surface area contributed by atoms with E-state index in [-0.39, 0.29) is 10.0 Å². The molecule has 0 amide bonds. The summed E-state index contributed by atoms with van der Waals surface area (Å²) in [4.78, 5) is 16.8. The molecule has 5 nitrogen and oxygen atoms in total. The number of anilines is 1. The minimum Gasteiger partial charge on any atom is -0.477 e. The second-order valence-electron chi connectivity index (χ2n) is 2.99. The van der Waals surface area contributed by atoms with Gasteiger partial charge in [0.15, 0.2) is 15.2 Å². The Morgan fingerprint density at radius 2 is 2.38 bits per heavy atom. The first kappa shape index (κ1) is 13.2. The van der Waals surface area contributed by atoms with Gasteiger partial charge in [-0.25, -0.2) is 9.78 Å². The van der Waals surface area contributed by atoms with Gasteiger partial charge in [-0.3, -0.25) is 0 Å². The number of ether oxygens (including phenoxy) is 1. The smallest absolute Gasteiger partial charge is 0.349 e. The van der Waals surface area contributed by atoms with Crippen LogP contribution in [-0.2, 0) is 4.74 Å². The van der Waals surface area contributed by atoms with Crippen LogP contribution in [0.2, 0.25) is 5.15 Å². The monoisotopic (exact) mass is 264 g/mol. The fourth-order valence-corrected chi connectivity index (χ4v) is 2.36. The van der Waals surface area contributed by atoms with Crippen molar-refractivity contribution in [2.45, 2.75) is 6.92 Å². The first-order valence-electron chi connectivity index (χ1n) is 4.73. The molecule has 7 heteroatoms. The average molecular weight is 265 g/mol. The second kappa shape index (κ2) is 6.03. The van der Waals surface area contributed by atoms with Gasteiger partial charge in [0.2, 0.25) is 0 Å². The molecule has 0 aromatic carbocycles. The van der Waals surface area contributed by atoms with Crippen molar-refractivity contribution in [2.24, 2.45) is 0 Å². The lowest BCUT2D eigenvalue weighted by Crippen LogP contribution is -2.26. The zero-order valence-corrected chi connectivity index (χ0v) is 10.6. The minimum atomic E-state index is -1.04. The molecule has 0 radical (unpaired) electrons. The van der Waals surface area contributed by atoms with E-state index >= 15 is 0 Å². The molecule has 0 aliphatic rings. The van der Waals surface area contributed by atoms with E-state index in [1.807, 2.05) is 11.8 Å². The van der Waals surface area contributed by atoms with Crippen LogP contribution in [-0.4, -0.2) is 42.9 Å². The van der Waals surface area contributed by atoms with E-state index in [4.69, 9.17) is 21.4 Å². The van der Waals surface area contributed by atoms with E-state index in [0.717, 1.165) is 17.9 Å². The van der Waals surface area contributed by atoms with E-state index in [0.29, 0.717) is 18.3 Å². The van der Waals surface area contributed by atoms with Crippen molar-refractivity contribution < 1.29 is 14.6 Å². The van der Waals surface area contributed by atoms with E-state index in [2.05, 4.69) is 4.98 Å². The summed E-state index contributed by atoms with van der Waals surface area (Å²) in [6, 6.07) is 0. The van der Waals surface area contributed by atoms with E-state index in [1.165, 1.54) is 0 Å². The number of rotatable bonds is 6. The summed E-state index contributed by atoms with van der Waals surface area (Å²) in [5.74, 6) is -1.04. The highest BCUT2D eigenvalue weighted by Gasteiger charge is 2.18. The van der Waals surface area contributed by atoms with Gasteiger partial charge in [-0.15, -0.1) is 0 Å². The molecular weight excluding hydrogens is 252 g/mol. The molecule has 1 aromatic heterocycles. The van der Waals surface area contributed by atoms with Crippen LogP contribution in [0.5, 0.6) is 0 Å². The Kier molecular flexibility index (Phi) is 4.98. The minimum absolute atomic E-state index is 0.0448. The zero-order valence-electron chi connectivity index (χ0n) is 9.07. The third-order valence-electron chi connectivity index (χ3n) is 1.99. The lowest BCUT2D eigenvalue weighted by molar-refractivity contribution is 0.0702. The molecule has 90 valence electrons. The first-order chi connectivity index (χ1) is 7.60. The fraction of sp³-hybridized carbons (Fsp3) is 0.556. The number of carboxylic acid groups (broad SMARTS) is 1. The van der Waals surface area contributed by atoms with Gasteiger partial charge in [0.1, 0.15) is 0 Å². The van der Waals surface area contributed by atoms with Gasteiger partial charge in [0.05, 0.1) is 6.61 Å². The molecule has 1 N–H and O–H groups in total. The normalized spacial score (nSPS) is 10.4. The van der Waals surface area contributed by atoms with Gasteiger partial charge < -0.3 is 14.7 Å². The van der Waals surface area contributed by atoms with Crippen LogP contribution in [0.4, 0.5) is 5.13 Å². The van der Waals surface area contributed by atoms with Crippen LogP contribution in [0.3, 0.4) is 0 Å². The molecule has 0 saturated carbocycles. The van der Waals surface area contributed by atoms with Crippen molar-refractivity contribution in [1.29, 1.82) is 0 Å². The molecule has 0 aliphatic carbocycles. The van der Waals surface area contributed by atoms with Crippen LogP contribution in [0, 0.1) is 0 Å². The summed E-state index contributed by atoms with van der Waals surface area (Å²) in [5, 5.41) is 9.51. The zero-order chi connectivity index (χ0) is 12.1. The van der Waals surface area contributed by atoms with Gasteiger partial charge in [-0.05, 0) is 6.92 Å². The molecular formula is C9H13ClN2O3S. The molecule has 0 saturated heterocycles.